The smallest absolute Gasteiger partial charge is 0.335 e. The van der Waals surface area contributed by atoms with Crippen molar-refractivity contribution in [1.29, 1.82) is 0 Å². The van der Waals surface area contributed by atoms with Crippen molar-refractivity contribution in [3.63, 3.8) is 0 Å². The number of hydrogen-bond donors (Lipinski definition) is 2. The van der Waals surface area contributed by atoms with Crippen LogP contribution in [0.15, 0.2) is 53.4 Å². The molecule has 4 aromatic rings. The molecule has 0 atom stereocenters. The van der Waals surface area contributed by atoms with Crippen LogP contribution < -0.4 is 19.5 Å². The van der Waals surface area contributed by atoms with Gasteiger partial charge in [-0.25, -0.2) is 22.6 Å². The summed E-state index contributed by atoms with van der Waals surface area (Å²) in [5.74, 6) is -0.810. The Balaban J connectivity index is 1.50. The average Bonchev–Trinajstić information content (AvgIpc) is 3.39. The molecule has 0 saturated heterocycles. The summed E-state index contributed by atoms with van der Waals surface area (Å²) < 4.78 is 39.8. The highest BCUT2D eigenvalue weighted by atomic mass is 32.2. The van der Waals surface area contributed by atoms with Crippen LogP contribution in [-0.4, -0.2) is 59.2 Å². The van der Waals surface area contributed by atoms with Crippen LogP contribution in [-0.2, 0) is 10.0 Å². The fourth-order valence-corrected chi connectivity index (χ4v) is 5.13. The van der Waals surface area contributed by atoms with Gasteiger partial charge >= 0.3 is 18.1 Å². The normalized spacial score (nSPS) is 12.0. The van der Waals surface area contributed by atoms with Crippen molar-refractivity contribution in [3.8, 4) is 29.0 Å². The number of carbonyl (C=O) groups excluding carboxylic acids is 2. The Morgan fingerprint density at radius 1 is 0.919 bits per heavy atom. The molecule has 0 radical (unpaired) electrons. The second-order valence-electron chi connectivity index (χ2n) is 7.76. The maximum absolute atomic E-state index is 13.4. The van der Waals surface area contributed by atoms with Gasteiger partial charge in [0.05, 0.1) is 47.3 Å². The summed E-state index contributed by atoms with van der Waals surface area (Å²) in [6.45, 7) is 1.68. The van der Waals surface area contributed by atoms with Crippen LogP contribution in [0, 0.1) is 6.92 Å². The Morgan fingerprint density at radius 3 is 2.24 bits per heavy atom. The minimum Gasteiger partial charge on any atom is -0.467 e. The fourth-order valence-electron chi connectivity index (χ4n) is 4.00. The van der Waals surface area contributed by atoms with Crippen LogP contribution >= 0.6 is 0 Å². The van der Waals surface area contributed by atoms with E-state index in [1.54, 1.807) is 17.7 Å². The van der Waals surface area contributed by atoms with Crippen molar-refractivity contribution >= 4 is 27.8 Å². The summed E-state index contributed by atoms with van der Waals surface area (Å²) in [5.41, 5.74) is 2.28. The first-order valence-corrected chi connectivity index (χ1v) is 12.2. The number of hydrogen-bond acceptors (Lipinski definition) is 10. The van der Waals surface area contributed by atoms with Crippen LogP contribution in [0.1, 0.15) is 21.6 Å². The highest BCUT2D eigenvalue weighted by Gasteiger charge is 2.38. The monoisotopic (exact) mass is 521 g/mol. The van der Waals surface area contributed by atoms with E-state index in [-0.39, 0.29) is 28.4 Å². The quantitative estimate of drug-likeness (QED) is 0.338. The van der Waals surface area contributed by atoms with Gasteiger partial charge in [0, 0.05) is 5.56 Å². The number of aryl methyl sites for hydroxylation is 1. The first-order valence-electron chi connectivity index (χ1n) is 10.7. The van der Waals surface area contributed by atoms with Crippen LogP contribution in [0.25, 0.3) is 16.9 Å². The number of benzene rings is 2. The second-order valence-corrected chi connectivity index (χ2v) is 9.41. The van der Waals surface area contributed by atoms with Gasteiger partial charge in [0.2, 0.25) is 5.95 Å². The van der Waals surface area contributed by atoms with E-state index in [0.717, 1.165) is 0 Å². The van der Waals surface area contributed by atoms with Crippen molar-refractivity contribution < 1.29 is 27.5 Å². The number of methoxy groups -OCH3 is 2. The summed E-state index contributed by atoms with van der Waals surface area (Å²) in [7, 11) is -1.90. The molecule has 0 spiro atoms. The fraction of sp³-hybridized carbons (Fsp3) is 0.130. The number of nitrogens with zero attached hydrogens (tertiary/aromatic N) is 5. The second kappa shape index (κ2) is 8.98. The van der Waals surface area contributed by atoms with Crippen LogP contribution in [0.5, 0.6) is 12.0 Å². The standard InChI is InChI=1S/C23H19N7O6S/c1-12-16-18(30(28-12)13-8-5-4-6-9-13)14-10-7-11-15(17(14)19(16)31)37(33,34)29-21(32)24-20-25-22(35-2)27-23(26-20)36-3/h4-11H,1-3H3,(H2,24,25,26,27,29,32). The molecule has 0 unspecified atom stereocenters. The lowest BCUT2D eigenvalue weighted by Gasteiger charge is -2.12. The minimum atomic E-state index is -4.50. The lowest BCUT2D eigenvalue weighted by atomic mass is 10.1. The summed E-state index contributed by atoms with van der Waals surface area (Å²) in [6, 6.07) is 12.1. The Kier molecular flexibility index (Phi) is 5.79. The summed E-state index contributed by atoms with van der Waals surface area (Å²) in [4.78, 5) is 37.1. The van der Waals surface area contributed by atoms with Gasteiger partial charge in [-0.15, -0.1) is 4.98 Å². The first kappa shape index (κ1) is 23.9. The molecule has 14 heteroatoms. The number of rotatable bonds is 6. The van der Waals surface area contributed by atoms with E-state index < -0.39 is 21.8 Å². The van der Waals surface area contributed by atoms with E-state index in [1.165, 1.54) is 26.4 Å². The van der Waals surface area contributed by atoms with Crippen molar-refractivity contribution in [3.05, 3.63) is 65.4 Å². The lowest BCUT2D eigenvalue weighted by Crippen LogP contribution is -2.35. The summed E-state index contributed by atoms with van der Waals surface area (Å²) >= 11 is 0. The highest BCUT2D eigenvalue weighted by molar-refractivity contribution is 7.90. The van der Waals surface area contributed by atoms with Crippen molar-refractivity contribution in [1.82, 2.24) is 29.5 Å². The van der Waals surface area contributed by atoms with Gasteiger partial charge in [-0.05, 0) is 25.1 Å². The molecule has 0 saturated carbocycles. The van der Waals surface area contributed by atoms with Gasteiger partial charge in [0.25, 0.3) is 10.0 Å². The number of aromatic nitrogens is 5. The van der Waals surface area contributed by atoms with Crippen LogP contribution in [0.4, 0.5) is 10.7 Å². The van der Waals surface area contributed by atoms with Gasteiger partial charge in [-0.3, -0.25) is 10.1 Å². The summed E-state index contributed by atoms with van der Waals surface area (Å²) in [6.07, 6.45) is 0. The maximum Gasteiger partial charge on any atom is 0.335 e. The molecule has 5 rings (SSSR count). The average molecular weight is 522 g/mol. The molecule has 1 aliphatic rings. The molecule has 0 fully saturated rings. The third kappa shape index (κ3) is 4.12. The number of sulfonamides is 1. The number of para-hydroxylation sites is 1. The number of amides is 2. The molecule has 2 amide bonds. The highest BCUT2D eigenvalue weighted by Crippen LogP contribution is 2.42. The SMILES string of the molecule is COc1nc(NC(=O)NS(=O)(=O)c2cccc3c2C(=O)c2c(C)nn(-c4ccccc4)c2-3)nc(OC)n1. The molecule has 0 aliphatic heterocycles. The molecule has 13 nitrogen and oxygen atoms in total. The van der Waals surface area contributed by atoms with Gasteiger partial charge in [-0.2, -0.15) is 15.1 Å². The lowest BCUT2D eigenvalue weighted by molar-refractivity contribution is 0.104. The molecule has 188 valence electrons. The van der Waals surface area contributed by atoms with Gasteiger partial charge in [0.1, 0.15) is 0 Å². The van der Waals surface area contributed by atoms with E-state index >= 15 is 0 Å². The first-order chi connectivity index (χ1) is 17.7. The predicted octanol–water partition coefficient (Wildman–Crippen LogP) is 2.10. The Hall–Kier alpha value is -4.85. The molecule has 2 aromatic carbocycles. The largest absolute Gasteiger partial charge is 0.467 e. The van der Waals surface area contributed by atoms with E-state index in [2.05, 4.69) is 25.4 Å². The number of carbonyl (C=O) groups is 2. The third-order valence-corrected chi connectivity index (χ3v) is 6.87. The van der Waals surface area contributed by atoms with Crippen LogP contribution in [0.2, 0.25) is 0 Å². The van der Waals surface area contributed by atoms with E-state index in [1.807, 2.05) is 35.1 Å². The van der Waals surface area contributed by atoms with Gasteiger partial charge < -0.3 is 9.47 Å². The molecule has 37 heavy (non-hydrogen) atoms. The number of ether oxygens (including phenoxy) is 2. The Bertz CT molecular complexity index is 1650. The molecule has 0 bridgehead atoms. The minimum absolute atomic E-state index is 0.0496. The third-order valence-electron chi connectivity index (χ3n) is 5.50. The van der Waals surface area contributed by atoms with Gasteiger partial charge in [-0.1, -0.05) is 30.3 Å². The number of fused-ring (bicyclic) bond motifs is 3. The zero-order chi connectivity index (χ0) is 26.3. The van der Waals surface area contributed by atoms with Crippen molar-refractivity contribution in [2.75, 3.05) is 19.5 Å². The van der Waals surface area contributed by atoms with E-state index in [9.17, 15) is 18.0 Å². The van der Waals surface area contributed by atoms with Crippen molar-refractivity contribution in [2.24, 2.45) is 0 Å². The Morgan fingerprint density at radius 2 is 1.59 bits per heavy atom. The maximum atomic E-state index is 13.4. The van der Waals surface area contributed by atoms with Crippen molar-refractivity contribution in [2.45, 2.75) is 11.8 Å². The number of anilines is 1. The number of urea groups is 1. The van der Waals surface area contributed by atoms with Gasteiger partial charge in [0.15, 0.2) is 5.78 Å². The zero-order valence-corrected chi connectivity index (χ0v) is 20.5. The Labute approximate surface area is 210 Å². The van der Waals surface area contributed by atoms with Crippen LogP contribution in [0.3, 0.4) is 0 Å². The molecular formula is C23H19N7O6S. The molecule has 1 aliphatic carbocycles. The zero-order valence-electron chi connectivity index (χ0n) is 19.7. The molecule has 2 heterocycles. The number of ketones is 1. The molecular weight excluding hydrogens is 502 g/mol. The molecule has 2 aromatic heterocycles. The predicted molar refractivity (Wildman–Crippen MR) is 129 cm³/mol. The van der Waals surface area contributed by atoms with E-state index in [4.69, 9.17) is 9.47 Å². The summed E-state index contributed by atoms with van der Waals surface area (Å²) in [5, 5.41) is 6.69. The number of nitrogens with one attached hydrogen (secondary N) is 2. The molecule has 2 N–H and O–H groups in total. The topological polar surface area (TPSA) is 167 Å². The van der Waals surface area contributed by atoms with E-state index in [0.29, 0.717) is 28.2 Å².